The van der Waals surface area contributed by atoms with Gasteiger partial charge in [0, 0.05) is 23.6 Å². The van der Waals surface area contributed by atoms with Gasteiger partial charge in [-0.3, -0.25) is 0 Å². The Kier molecular flexibility index (Phi) is 4.74. The van der Waals surface area contributed by atoms with Gasteiger partial charge in [-0.25, -0.2) is 0 Å². The van der Waals surface area contributed by atoms with Crippen LogP contribution in [0, 0.1) is 5.41 Å². The number of aromatic nitrogens is 2. The molecule has 0 atom stereocenters. The van der Waals surface area contributed by atoms with Gasteiger partial charge in [0.15, 0.2) is 5.82 Å². The summed E-state index contributed by atoms with van der Waals surface area (Å²) in [6.07, 6.45) is 9.66. The molecule has 1 heterocycles. The molecule has 166 valence electrons. The van der Waals surface area contributed by atoms with Gasteiger partial charge in [-0.15, -0.1) is 0 Å². The topological polar surface area (TPSA) is 60.2 Å². The maximum atomic E-state index is 5.77. The quantitative estimate of drug-likeness (QED) is 0.476. The van der Waals surface area contributed by atoms with Crippen LogP contribution in [0.3, 0.4) is 0 Å². The van der Waals surface area contributed by atoms with E-state index in [2.05, 4.69) is 46.9 Å². The molecule has 5 heteroatoms. The molecule has 1 N–H and O–H groups in total. The molecule has 1 aromatic heterocycles. The van der Waals surface area contributed by atoms with Crippen LogP contribution in [-0.4, -0.2) is 23.8 Å². The number of ether oxygens (including phenoxy) is 1. The molecule has 4 aliphatic carbocycles. The summed E-state index contributed by atoms with van der Waals surface area (Å²) in [6, 6.07) is 17.0. The maximum Gasteiger partial charge on any atom is 0.232 e. The Morgan fingerprint density at radius 1 is 0.969 bits per heavy atom. The molecule has 4 saturated carbocycles. The molecule has 0 saturated heterocycles. The van der Waals surface area contributed by atoms with Crippen LogP contribution in [0.2, 0.25) is 0 Å². The third-order valence-electron chi connectivity index (χ3n) is 8.17. The Morgan fingerprint density at radius 2 is 1.69 bits per heavy atom. The summed E-state index contributed by atoms with van der Waals surface area (Å²) < 4.78 is 11.2. The molecule has 0 radical (unpaired) electrons. The third kappa shape index (κ3) is 3.58. The van der Waals surface area contributed by atoms with Gasteiger partial charge in [-0.1, -0.05) is 29.4 Å². The number of fused-ring (bicyclic) bond motifs is 3. The standard InChI is InChI=1S/C27H31N3O2/c1-31-23-7-3-5-21(17-23)20-4-2-6-22(16-20)28-18-26-10-13-27(14-11-26,15-12-26)25-29-24(30-32-25)19-8-9-19/h2-7,16-17,19,28H,8-15,18H2,1H3. The number of rotatable bonds is 7. The van der Waals surface area contributed by atoms with E-state index < -0.39 is 0 Å². The second-order valence-corrected chi connectivity index (χ2v) is 10.2. The number of nitrogens with one attached hydrogen (secondary N) is 1. The minimum Gasteiger partial charge on any atom is -0.497 e. The fourth-order valence-corrected chi connectivity index (χ4v) is 5.71. The van der Waals surface area contributed by atoms with Gasteiger partial charge in [0.25, 0.3) is 0 Å². The lowest BCUT2D eigenvalue weighted by Gasteiger charge is -2.52. The minimum absolute atomic E-state index is 0.133. The van der Waals surface area contributed by atoms with Crippen molar-refractivity contribution in [1.29, 1.82) is 0 Å². The van der Waals surface area contributed by atoms with E-state index in [9.17, 15) is 0 Å². The number of benzene rings is 2. The highest BCUT2D eigenvalue weighted by Gasteiger charge is 2.52. The first kappa shape index (κ1) is 19.8. The summed E-state index contributed by atoms with van der Waals surface area (Å²) >= 11 is 0. The SMILES string of the molecule is COc1cccc(-c2cccc(NCC34CCC(c5nc(C6CC6)no5)(CC3)CC4)c2)c1. The van der Waals surface area contributed by atoms with Crippen molar-refractivity contribution in [2.24, 2.45) is 5.41 Å². The van der Waals surface area contributed by atoms with Crippen molar-refractivity contribution in [2.45, 2.75) is 62.7 Å². The van der Waals surface area contributed by atoms with E-state index >= 15 is 0 Å². The Morgan fingerprint density at radius 3 is 2.41 bits per heavy atom. The lowest BCUT2D eigenvalue weighted by atomic mass is 9.53. The molecule has 7 rings (SSSR count). The van der Waals surface area contributed by atoms with E-state index in [4.69, 9.17) is 14.2 Å². The van der Waals surface area contributed by atoms with Gasteiger partial charge in [-0.2, -0.15) is 4.98 Å². The molecule has 3 aromatic rings. The second kappa shape index (κ2) is 7.65. The molecule has 5 nitrogen and oxygen atoms in total. The highest BCUT2D eigenvalue weighted by molar-refractivity contribution is 5.69. The summed E-state index contributed by atoms with van der Waals surface area (Å²) in [5.41, 5.74) is 4.09. The lowest BCUT2D eigenvalue weighted by Crippen LogP contribution is -2.47. The average Bonchev–Trinajstić information content (AvgIpc) is 3.60. The maximum absolute atomic E-state index is 5.77. The molecular weight excluding hydrogens is 398 g/mol. The van der Waals surface area contributed by atoms with Gasteiger partial charge < -0.3 is 14.6 Å². The number of hydrogen-bond acceptors (Lipinski definition) is 5. The number of anilines is 1. The molecule has 4 aliphatic rings. The van der Waals surface area contributed by atoms with E-state index in [1.165, 1.54) is 68.2 Å². The fourth-order valence-electron chi connectivity index (χ4n) is 5.71. The van der Waals surface area contributed by atoms with E-state index in [-0.39, 0.29) is 5.41 Å². The van der Waals surface area contributed by atoms with E-state index in [0.717, 1.165) is 24.0 Å². The van der Waals surface area contributed by atoms with Crippen LogP contribution in [0.15, 0.2) is 53.1 Å². The van der Waals surface area contributed by atoms with Gasteiger partial charge in [0.2, 0.25) is 5.89 Å². The summed E-state index contributed by atoms with van der Waals surface area (Å²) in [4.78, 5) is 4.83. The summed E-state index contributed by atoms with van der Waals surface area (Å²) in [5, 5.41) is 8.06. The third-order valence-corrected chi connectivity index (χ3v) is 8.17. The van der Waals surface area contributed by atoms with Crippen molar-refractivity contribution in [3.63, 3.8) is 0 Å². The smallest absolute Gasteiger partial charge is 0.232 e. The first-order valence-corrected chi connectivity index (χ1v) is 12.0. The molecule has 0 spiro atoms. The Hall–Kier alpha value is -2.82. The van der Waals surface area contributed by atoms with Crippen molar-refractivity contribution in [2.75, 3.05) is 19.0 Å². The van der Waals surface area contributed by atoms with Crippen molar-refractivity contribution < 1.29 is 9.26 Å². The predicted molar refractivity (Wildman–Crippen MR) is 125 cm³/mol. The van der Waals surface area contributed by atoms with Gasteiger partial charge in [0.05, 0.1) is 7.11 Å². The van der Waals surface area contributed by atoms with Crippen LogP contribution < -0.4 is 10.1 Å². The summed E-state index contributed by atoms with van der Waals surface area (Å²) in [5.74, 6) is 3.33. The van der Waals surface area contributed by atoms with Gasteiger partial charge in [-0.05, 0) is 92.2 Å². The van der Waals surface area contributed by atoms with Crippen molar-refractivity contribution >= 4 is 5.69 Å². The molecule has 0 unspecified atom stereocenters. The van der Waals surface area contributed by atoms with Crippen molar-refractivity contribution in [3.05, 3.63) is 60.2 Å². The molecular formula is C27H31N3O2. The zero-order valence-corrected chi connectivity index (χ0v) is 18.8. The molecule has 4 fully saturated rings. The summed E-state index contributed by atoms with van der Waals surface area (Å²) in [6.45, 7) is 1.03. The zero-order valence-electron chi connectivity index (χ0n) is 18.8. The Bertz CT molecular complexity index is 1090. The first-order chi connectivity index (χ1) is 15.7. The number of nitrogens with zero attached hydrogens (tertiary/aromatic N) is 2. The van der Waals surface area contributed by atoms with Crippen LogP contribution in [0.4, 0.5) is 5.69 Å². The lowest BCUT2D eigenvalue weighted by molar-refractivity contribution is 0.0322. The Labute approximate surface area is 189 Å². The monoisotopic (exact) mass is 429 g/mol. The number of hydrogen-bond donors (Lipinski definition) is 1. The molecule has 32 heavy (non-hydrogen) atoms. The van der Waals surface area contributed by atoms with Gasteiger partial charge in [0.1, 0.15) is 5.75 Å². The second-order valence-electron chi connectivity index (χ2n) is 10.2. The highest BCUT2D eigenvalue weighted by atomic mass is 16.5. The van der Waals surface area contributed by atoms with E-state index in [0.29, 0.717) is 11.3 Å². The van der Waals surface area contributed by atoms with E-state index in [1.54, 1.807) is 7.11 Å². The zero-order chi connectivity index (χ0) is 21.6. The molecule has 2 aromatic carbocycles. The van der Waals surface area contributed by atoms with E-state index in [1.807, 2.05) is 12.1 Å². The van der Waals surface area contributed by atoms with Crippen LogP contribution in [-0.2, 0) is 5.41 Å². The minimum atomic E-state index is 0.133. The highest BCUT2D eigenvalue weighted by Crippen LogP contribution is 2.57. The van der Waals surface area contributed by atoms with Crippen LogP contribution in [0.1, 0.15) is 69.0 Å². The van der Waals surface area contributed by atoms with Crippen LogP contribution >= 0.6 is 0 Å². The molecule has 0 aliphatic heterocycles. The first-order valence-electron chi connectivity index (χ1n) is 12.0. The summed E-state index contributed by atoms with van der Waals surface area (Å²) in [7, 11) is 1.71. The van der Waals surface area contributed by atoms with Crippen LogP contribution in [0.5, 0.6) is 5.75 Å². The van der Waals surface area contributed by atoms with Crippen molar-refractivity contribution in [1.82, 2.24) is 10.1 Å². The van der Waals surface area contributed by atoms with Crippen LogP contribution in [0.25, 0.3) is 11.1 Å². The molecule has 0 amide bonds. The Balaban J connectivity index is 1.12. The normalized spacial score (nSPS) is 26.8. The predicted octanol–water partition coefficient (Wildman–Crippen LogP) is 6.33. The largest absolute Gasteiger partial charge is 0.497 e. The fraction of sp³-hybridized carbons (Fsp3) is 0.481. The molecule has 2 bridgehead atoms. The van der Waals surface area contributed by atoms with Crippen molar-refractivity contribution in [3.8, 4) is 16.9 Å². The van der Waals surface area contributed by atoms with Gasteiger partial charge >= 0.3 is 0 Å². The number of methoxy groups -OCH3 is 1. The average molecular weight is 430 g/mol.